The van der Waals surface area contributed by atoms with Crippen molar-refractivity contribution >= 4 is 87.1 Å². The third-order valence-electron chi connectivity index (χ3n) is 5.04. The number of rotatable bonds is 20. The first-order chi connectivity index (χ1) is 17.0. The van der Waals surface area contributed by atoms with Crippen molar-refractivity contribution in [2.24, 2.45) is 5.73 Å². The van der Waals surface area contributed by atoms with Crippen LogP contribution in [0.15, 0.2) is 12.2 Å². The second kappa shape index (κ2) is 30.1. The fourth-order valence-corrected chi connectivity index (χ4v) is 3.70. The third-order valence-corrected chi connectivity index (χ3v) is 6.12. The van der Waals surface area contributed by atoms with Gasteiger partial charge in [-0.3, -0.25) is 18.9 Å². The Morgan fingerprint density at radius 3 is 2.03 bits per heavy atom. The molecule has 0 aromatic rings. The van der Waals surface area contributed by atoms with Crippen molar-refractivity contribution < 1.29 is 47.4 Å². The number of aliphatic hydroxyl groups is 2. The molecule has 0 aromatic heterocycles. The molecule has 0 amide bonds. The van der Waals surface area contributed by atoms with E-state index in [9.17, 15) is 27.9 Å². The number of esters is 2. The molecule has 0 aromatic carbocycles. The van der Waals surface area contributed by atoms with Gasteiger partial charge >= 0.3 is 77.0 Å². The van der Waals surface area contributed by atoms with Gasteiger partial charge in [-0.2, -0.15) is 8.42 Å². The SMILES string of the molecule is CCCCCC[C@@H](O)C/C=C\CCCCCCCC(=O)OC(=O)C(CC(=O)O)S(=O)(=O)O.NCCO.[NaH].[NaH]. The van der Waals surface area contributed by atoms with Crippen molar-refractivity contribution in [3.8, 4) is 0 Å². The van der Waals surface area contributed by atoms with E-state index in [4.69, 9.17) is 20.5 Å². The Hall–Kier alpha value is 0.140. The molecule has 0 spiro atoms. The van der Waals surface area contributed by atoms with Crippen molar-refractivity contribution in [2.75, 3.05) is 13.2 Å². The van der Waals surface area contributed by atoms with Crippen LogP contribution in [0.2, 0.25) is 0 Å². The van der Waals surface area contributed by atoms with Gasteiger partial charge in [0.2, 0.25) is 0 Å². The van der Waals surface area contributed by atoms with Crippen LogP contribution in [0.25, 0.3) is 0 Å². The molecule has 0 fully saturated rings. The van der Waals surface area contributed by atoms with Gasteiger partial charge in [0.1, 0.15) is 0 Å². The van der Waals surface area contributed by atoms with E-state index in [2.05, 4.69) is 17.7 Å². The van der Waals surface area contributed by atoms with E-state index in [1.165, 1.54) is 19.3 Å². The summed E-state index contributed by atoms with van der Waals surface area (Å²) in [5.74, 6) is -4.16. The number of aliphatic carboxylic acids is 1. The molecule has 38 heavy (non-hydrogen) atoms. The predicted molar refractivity (Wildman–Crippen MR) is 150 cm³/mol. The Morgan fingerprint density at radius 1 is 0.947 bits per heavy atom. The van der Waals surface area contributed by atoms with Crippen LogP contribution in [0.5, 0.6) is 0 Å². The molecule has 6 N–H and O–H groups in total. The number of hydrogen-bond donors (Lipinski definition) is 5. The van der Waals surface area contributed by atoms with Crippen LogP contribution < -0.4 is 5.73 Å². The summed E-state index contributed by atoms with van der Waals surface area (Å²) < 4.78 is 35.4. The van der Waals surface area contributed by atoms with Crippen LogP contribution in [0, 0.1) is 0 Å². The first kappa shape index (κ1) is 45.1. The number of carbonyl (C=O) groups excluding carboxylic acids is 2. The Labute approximate surface area is 271 Å². The zero-order valence-electron chi connectivity index (χ0n) is 21.3. The van der Waals surface area contributed by atoms with Crippen LogP contribution >= 0.6 is 0 Å². The van der Waals surface area contributed by atoms with E-state index >= 15 is 0 Å². The number of hydrogen-bond acceptors (Lipinski definition) is 9. The second-order valence-electron chi connectivity index (χ2n) is 8.42. The van der Waals surface area contributed by atoms with E-state index < -0.39 is 39.7 Å². The van der Waals surface area contributed by atoms with Gasteiger partial charge in [-0.1, -0.05) is 64.0 Å². The molecule has 11 nitrogen and oxygen atoms in total. The Morgan fingerprint density at radius 2 is 1.50 bits per heavy atom. The topological polar surface area (TPSA) is 202 Å². The number of carboxylic acid groups (broad SMARTS) is 1. The average Bonchev–Trinajstić information content (AvgIpc) is 2.80. The van der Waals surface area contributed by atoms with E-state index in [1.807, 2.05) is 6.08 Å². The van der Waals surface area contributed by atoms with E-state index in [-0.39, 0.29) is 78.2 Å². The van der Waals surface area contributed by atoms with Gasteiger partial charge < -0.3 is 25.8 Å². The maximum atomic E-state index is 11.6. The van der Waals surface area contributed by atoms with Gasteiger partial charge in [0.15, 0.2) is 5.25 Å². The van der Waals surface area contributed by atoms with Crippen molar-refractivity contribution in [1.29, 1.82) is 0 Å². The molecule has 14 heteroatoms. The fraction of sp³-hybridized carbons (Fsp3) is 0.792. The summed E-state index contributed by atoms with van der Waals surface area (Å²) in [5, 5.41) is 23.9. The van der Waals surface area contributed by atoms with Crippen LogP contribution in [-0.2, 0) is 29.2 Å². The molecular formula is C24H47NNa2O10S. The molecule has 0 aliphatic carbocycles. The zero-order chi connectivity index (χ0) is 27.8. The predicted octanol–water partition coefficient (Wildman–Crippen LogP) is 1.44. The van der Waals surface area contributed by atoms with E-state index in [0.29, 0.717) is 19.4 Å². The van der Waals surface area contributed by atoms with Crippen molar-refractivity contribution in [1.82, 2.24) is 0 Å². The molecule has 0 aliphatic rings. The molecule has 1 unspecified atom stereocenters. The van der Waals surface area contributed by atoms with Crippen LogP contribution in [0.1, 0.15) is 96.8 Å². The van der Waals surface area contributed by atoms with Gasteiger partial charge in [0.25, 0.3) is 10.1 Å². The van der Waals surface area contributed by atoms with Gasteiger partial charge in [0.05, 0.1) is 19.1 Å². The summed E-state index contributed by atoms with van der Waals surface area (Å²) in [5.41, 5.74) is 4.78. The number of carbonyl (C=O) groups is 3. The normalized spacial score (nSPS) is 12.3. The summed E-state index contributed by atoms with van der Waals surface area (Å²) in [7, 11) is -4.99. The monoisotopic (exact) mass is 587 g/mol. The van der Waals surface area contributed by atoms with Crippen LogP contribution in [-0.4, -0.2) is 130 Å². The van der Waals surface area contributed by atoms with Gasteiger partial charge in [0, 0.05) is 13.0 Å². The molecule has 0 radical (unpaired) electrons. The minimum absolute atomic E-state index is 0. The molecule has 0 heterocycles. The van der Waals surface area contributed by atoms with E-state index in [0.717, 1.165) is 44.9 Å². The van der Waals surface area contributed by atoms with Crippen molar-refractivity contribution in [3.63, 3.8) is 0 Å². The van der Waals surface area contributed by atoms with Crippen LogP contribution in [0.4, 0.5) is 0 Å². The summed E-state index contributed by atoms with van der Waals surface area (Å²) in [6, 6.07) is 0. The molecule has 216 valence electrons. The Bertz CT molecular complexity index is 734. The molecule has 0 aliphatic heterocycles. The van der Waals surface area contributed by atoms with Gasteiger partial charge in [-0.05, 0) is 32.1 Å². The number of nitrogens with two attached hydrogens (primary N) is 1. The molecule has 0 saturated carbocycles. The summed E-state index contributed by atoms with van der Waals surface area (Å²) in [6.45, 7) is 2.63. The van der Waals surface area contributed by atoms with Crippen LogP contribution in [0.3, 0.4) is 0 Å². The standard InChI is InChI=1S/C22H38O9S.C2H7NO.2Na.2H/c1-2-3-4-11-14-18(23)15-12-9-7-5-6-8-10-13-16-21(26)31-22(27)19(17-20(24)25)32(28,29)30;3-1-2-4;;;;/h9,12,18-19,23H,2-8,10-11,13-17H2,1H3,(H,24,25)(H,28,29,30);4H,1-3H2;;;;/b12-9-;;;;;/t18-,19?;;;;;/m1...../s1. The molecule has 0 saturated heterocycles. The van der Waals surface area contributed by atoms with E-state index in [1.54, 1.807) is 0 Å². The molecule has 2 atom stereocenters. The minimum atomic E-state index is -4.99. The maximum absolute atomic E-state index is 11.6. The molecule has 0 rings (SSSR count). The number of carboxylic acids is 1. The van der Waals surface area contributed by atoms with Gasteiger partial charge in [-0.15, -0.1) is 0 Å². The number of aliphatic hydroxyl groups excluding tert-OH is 2. The summed E-state index contributed by atoms with van der Waals surface area (Å²) >= 11 is 0. The number of ether oxygens (including phenoxy) is 1. The van der Waals surface area contributed by atoms with Gasteiger partial charge in [-0.25, -0.2) is 0 Å². The summed E-state index contributed by atoms with van der Waals surface area (Å²) in [4.78, 5) is 33.9. The fourth-order valence-electron chi connectivity index (χ4n) is 3.06. The Balaban J connectivity index is -0.000000893. The average molecular weight is 588 g/mol. The Kier molecular flexibility index (Phi) is 35.8. The van der Waals surface area contributed by atoms with Crippen molar-refractivity contribution in [3.05, 3.63) is 12.2 Å². The summed E-state index contributed by atoms with van der Waals surface area (Å²) in [6.07, 6.45) is 13.6. The molecule has 0 bridgehead atoms. The second-order valence-corrected chi connectivity index (χ2v) is 10.0. The molecular weight excluding hydrogens is 540 g/mol. The third kappa shape index (κ3) is 30.7. The zero-order valence-corrected chi connectivity index (χ0v) is 22.2. The van der Waals surface area contributed by atoms with Crippen molar-refractivity contribution in [2.45, 2.75) is 108 Å². The number of unbranched alkanes of at least 4 members (excludes halogenated alkanes) is 8. The quantitative estimate of drug-likeness (QED) is 0.0344. The number of allylic oxidation sites excluding steroid dienone is 1. The first-order valence-corrected chi connectivity index (χ1v) is 14.1. The first-order valence-electron chi connectivity index (χ1n) is 12.6.